The van der Waals surface area contributed by atoms with Crippen molar-refractivity contribution < 1.29 is 32.3 Å². The first-order chi connectivity index (χ1) is 21.1. The van der Waals surface area contributed by atoms with Crippen molar-refractivity contribution in [1.82, 2.24) is 15.6 Å². The van der Waals surface area contributed by atoms with Gasteiger partial charge in [0.25, 0.3) is 11.8 Å². The molecule has 1 saturated carbocycles. The van der Waals surface area contributed by atoms with Crippen molar-refractivity contribution in [3.05, 3.63) is 113 Å². The molecule has 0 radical (unpaired) electrons. The van der Waals surface area contributed by atoms with Gasteiger partial charge >= 0.3 is 6.18 Å². The number of hydrogen-bond acceptors (Lipinski definition) is 5. The molecule has 5 rings (SSSR count). The fraction of sp³-hybridized carbons (Fsp3) is 0.212. The largest absolute Gasteiger partial charge is 0.468 e. The van der Waals surface area contributed by atoms with Crippen LogP contribution < -0.4 is 20.7 Å². The van der Waals surface area contributed by atoms with Gasteiger partial charge in [-0.1, -0.05) is 60.7 Å². The molecule has 226 valence electrons. The third kappa shape index (κ3) is 7.60. The summed E-state index contributed by atoms with van der Waals surface area (Å²) in [5.41, 5.74) is 2.04. The van der Waals surface area contributed by atoms with Crippen molar-refractivity contribution in [3.63, 3.8) is 0 Å². The predicted molar refractivity (Wildman–Crippen MR) is 158 cm³/mol. The number of carbonyl (C=O) groups excluding carboxylic acids is 3. The molecule has 3 N–H and O–H groups in total. The van der Waals surface area contributed by atoms with E-state index in [1.165, 1.54) is 18.3 Å². The number of amides is 3. The average Bonchev–Trinajstić information content (AvgIpc) is 3.84. The van der Waals surface area contributed by atoms with E-state index in [4.69, 9.17) is 4.74 Å². The van der Waals surface area contributed by atoms with Crippen LogP contribution in [0.15, 0.2) is 91.1 Å². The van der Waals surface area contributed by atoms with Gasteiger partial charge in [0.05, 0.1) is 17.4 Å². The van der Waals surface area contributed by atoms with Crippen molar-refractivity contribution in [1.29, 1.82) is 0 Å². The summed E-state index contributed by atoms with van der Waals surface area (Å²) < 4.78 is 44.6. The molecule has 0 spiro atoms. The van der Waals surface area contributed by atoms with Gasteiger partial charge in [0.1, 0.15) is 6.04 Å². The van der Waals surface area contributed by atoms with Gasteiger partial charge in [-0.05, 0) is 60.2 Å². The smallest absolute Gasteiger partial charge is 0.416 e. The number of ether oxygens (including phenoxy) is 1. The SMILES string of the molecule is Cc1cc(OCC(=O)N[C@H](C(=O)NC2CC2)c2ccccc2)ncc1NC(=O)c1ccccc1-c1ccc(C(F)(F)F)cc1. The third-order valence-corrected chi connectivity index (χ3v) is 7.00. The van der Waals surface area contributed by atoms with Crippen LogP contribution in [0, 0.1) is 6.92 Å². The van der Waals surface area contributed by atoms with Gasteiger partial charge < -0.3 is 20.7 Å². The molecule has 4 aromatic rings. The van der Waals surface area contributed by atoms with E-state index in [-0.39, 0.29) is 23.4 Å². The number of rotatable bonds is 10. The Morgan fingerprint density at radius 2 is 1.64 bits per heavy atom. The lowest BCUT2D eigenvalue weighted by Gasteiger charge is -2.19. The summed E-state index contributed by atoms with van der Waals surface area (Å²) >= 11 is 0. The van der Waals surface area contributed by atoms with E-state index < -0.39 is 36.2 Å². The van der Waals surface area contributed by atoms with Crippen LogP contribution in [0.4, 0.5) is 18.9 Å². The Labute approximate surface area is 251 Å². The van der Waals surface area contributed by atoms with Crippen LogP contribution in [0.1, 0.15) is 45.9 Å². The summed E-state index contributed by atoms with van der Waals surface area (Å²) in [7, 11) is 0. The topological polar surface area (TPSA) is 109 Å². The zero-order chi connectivity index (χ0) is 31.3. The maximum absolute atomic E-state index is 13.2. The third-order valence-electron chi connectivity index (χ3n) is 7.00. The number of pyridine rings is 1. The molecular formula is C33H29F3N4O4. The molecule has 1 aliphatic carbocycles. The van der Waals surface area contributed by atoms with E-state index in [9.17, 15) is 27.6 Å². The molecule has 1 heterocycles. The average molecular weight is 603 g/mol. The Morgan fingerprint density at radius 1 is 0.955 bits per heavy atom. The van der Waals surface area contributed by atoms with Gasteiger partial charge in [0, 0.05) is 17.7 Å². The number of aryl methyl sites for hydroxylation is 1. The van der Waals surface area contributed by atoms with Crippen molar-refractivity contribution in [2.75, 3.05) is 11.9 Å². The van der Waals surface area contributed by atoms with Crippen molar-refractivity contribution >= 4 is 23.4 Å². The molecule has 0 saturated heterocycles. The summed E-state index contributed by atoms with van der Waals surface area (Å²) in [4.78, 5) is 42.9. The van der Waals surface area contributed by atoms with Gasteiger partial charge in [-0.25, -0.2) is 4.98 Å². The zero-order valence-corrected chi connectivity index (χ0v) is 23.7. The van der Waals surface area contributed by atoms with Crippen LogP contribution in [0.2, 0.25) is 0 Å². The number of benzene rings is 3. The van der Waals surface area contributed by atoms with Gasteiger partial charge in [0.15, 0.2) is 6.61 Å². The minimum Gasteiger partial charge on any atom is -0.468 e. The van der Waals surface area contributed by atoms with Crippen molar-refractivity contribution in [3.8, 4) is 17.0 Å². The molecule has 1 aromatic heterocycles. The first-order valence-electron chi connectivity index (χ1n) is 13.9. The normalized spacial score (nSPS) is 13.5. The second-order valence-corrected chi connectivity index (χ2v) is 10.4. The van der Waals surface area contributed by atoms with Gasteiger partial charge in [-0.2, -0.15) is 13.2 Å². The van der Waals surface area contributed by atoms with E-state index >= 15 is 0 Å². The molecule has 11 heteroatoms. The molecule has 0 unspecified atom stereocenters. The first kappa shape index (κ1) is 30.3. The van der Waals surface area contributed by atoms with E-state index in [0.29, 0.717) is 27.9 Å². The monoisotopic (exact) mass is 602 g/mol. The number of carbonyl (C=O) groups is 3. The van der Waals surface area contributed by atoms with Crippen molar-refractivity contribution in [2.45, 2.75) is 38.0 Å². The highest BCUT2D eigenvalue weighted by atomic mass is 19.4. The molecule has 3 aromatic carbocycles. The molecular weight excluding hydrogens is 573 g/mol. The Hall–Kier alpha value is -5.19. The number of hydrogen-bond donors (Lipinski definition) is 3. The first-order valence-corrected chi connectivity index (χ1v) is 13.9. The van der Waals surface area contributed by atoms with Gasteiger partial charge in [0.2, 0.25) is 11.8 Å². The van der Waals surface area contributed by atoms with Crippen LogP contribution in [0.5, 0.6) is 5.88 Å². The maximum Gasteiger partial charge on any atom is 0.416 e. The van der Waals surface area contributed by atoms with Crippen LogP contribution >= 0.6 is 0 Å². The lowest BCUT2D eigenvalue weighted by Crippen LogP contribution is -2.42. The van der Waals surface area contributed by atoms with E-state index in [0.717, 1.165) is 25.0 Å². The molecule has 0 bridgehead atoms. The second-order valence-electron chi connectivity index (χ2n) is 10.4. The summed E-state index contributed by atoms with van der Waals surface area (Å²) in [6.07, 6.45) is -1.25. The highest BCUT2D eigenvalue weighted by Gasteiger charge is 2.31. The minimum absolute atomic E-state index is 0.131. The summed E-state index contributed by atoms with van der Waals surface area (Å²) in [6, 6.07) is 20.9. The fourth-order valence-corrected chi connectivity index (χ4v) is 4.50. The molecule has 3 amide bonds. The van der Waals surface area contributed by atoms with E-state index in [1.54, 1.807) is 61.5 Å². The van der Waals surface area contributed by atoms with E-state index in [1.807, 2.05) is 6.07 Å². The minimum atomic E-state index is -4.46. The van der Waals surface area contributed by atoms with Crippen molar-refractivity contribution in [2.24, 2.45) is 0 Å². The van der Waals surface area contributed by atoms with Gasteiger partial charge in [-0.3, -0.25) is 14.4 Å². The summed E-state index contributed by atoms with van der Waals surface area (Å²) in [5, 5.41) is 8.41. The number of nitrogens with one attached hydrogen (secondary N) is 3. The Kier molecular flexibility index (Phi) is 8.94. The molecule has 8 nitrogen and oxygen atoms in total. The number of halogens is 3. The molecule has 1 atom stereocenters. The van der Waals surface area contributed by atoms with E-state index in [2.05, 4.69) is 20.9 Å². The Bertz CT molecular complexity index is 1660. The highest BCUT2D eigenvalue weighted by Crippen LogP contribution is 2.32. The summed E-state index contributed by atoms with van der Waals surface area (Å²) in [6.45, 7) is 1.33. The standard InChI is InChI=1S/C33H29F3N4O4/c1-20-17-29(44-19-28(41)40-30(22-7-3-2-4-8-22)32(43)38-24-15-16-24)37-18-27(20)39-31(42)26-10-6-5-9-25(26)21-11-13-23(14-12-21)33(34,35)36/h2-14,17-18,24,30H,15-16,19H2,1H3,(H,38,43)(H,39,42)(H,40,41)/t30-/m0/s1. The quantitative estimate of drug-likeness (QED) is 0.211. The van der Waals surface area contributed by atoms with Crippen LogP contribution in [0.25, 0.3) is 11.1 Å². The van der Waals surface area contributed by atoms with Crippen LogP contribution in [-0.4, -0.2) is 35.4 Å². The summed E-state index contributed by atoms with van der Waals surface area (Å²) in [5.74, 6) is -1.14. The highest BCUT2D eigenvalue weighted by molar-refractivity contribution is 6.09. The second kappa shape index (κ2) is 13.0. The maximum atomic E-state index is 13.2. The zero-order valence-electron chi connectivity index (χ0n) is 23.7. The molecule has 0 aliphatic heterocycles. The van der Waals surface area contributed by atoms with Crippen LogP contribution in [0.3, 0.4) is 0 Å². The molecule has 1 fully saturated rings. The Balaban J connectivity index is 1.22. The number of nitrogens with zero attached hydrogens (tertiary/aromatic N) is 1. The van der Waals surface area contributed by atoms with Crippen LogP contribution in [-0.2, 0) is 15.8 Å². The lowest BCUT2D eigenvalue weighted by atomic mass is 9.98. The molecule has 1 aliphatic rings. The number of anilines is 1. The van der Waals surface area contributed by atoms with Gasteiger partial charge in [-0.15, -0.1) is 0 Å². The Morgan fingerprint density at radius 3 is 2.30 bits per heavy atom. The lowest BCUT2D eigenvalue weighted by molar-refractivity contribution is -0.137. The molecule has 44 heavy (non-hydrogen) atoms. The predicted octanol–water partition coefficient (Wildman–Crippen LogP) is 5.84. The number of aromatic nitrogens is 1. The number of alkyl halides is 3. The fourth-order valence-electron chi connectivity index (χ4n) is 4.50.